The maximum Gasteiger partial charge on any atom is 0.309 e. The van der Waals surface area contributed by atoms with Crippen LogP contribution in [0, 0.1) is 0 Å². The van der Waals surface area contributed by atoms with Gasteiger partial charge in [-0.3, -0.25) is 14.4 Å². The second kappa shape index (κ2) is 65.6. The molecule has 1 atom stereocenters. The molecule has 77 heavy (non-hydrogen) atoms. The van der Waals surface area contributed by atoms with E-state index in [2.05, 4.69) is 69.4 Å². The summed E-state index contributed by atoms with van der Waals surface area (Å²) in [5.41, 5.74) is 0. The van der Waals surface area contributed by atoms with Gasteiger partial charge in [0.2, 0.25) is 0 Å². The predicted molar refractivity (Wildman–Crippen MR) is 335 cm³/mol. The van der Waals surface area contributed by atoms with Gasteiger partial charge in [0.25, 0.3) is 0 Å². The molecule has 0 amide bonds. The maximum absolute atomic E-state index is 12.9. The summed E-state index contributed by atoms with van der Waals surface area (Å²) in [6.07, 6.45) is 84.2. The highest BCUT2D eigenvalue weighted by atomic mass is 16.6. The van der Waals surface area contributed by atoms with Crippen molar-refractivity contribution in [2.24, 2.45) is 0 Å². The van der Waals surface area contributed by atoms with Crippen molar-refractivity contribution < 1.29 is 28.6 Å². The number of ether oxygens (including phenoxy) is 3. The van der Waals surface area contributed by atoms with E-state index in [1.54, 1.807) is 0 Å². The SMILES string of the molecule is CC/C=C\C/C=C\C/C=C\C/C=C\C/C=C\CC(=O)OCC(COC(=O)CCCCCCCCCCCCCCCCCCCCCCCCCCCC)OC(=O)CCCCCCCCCCCCCCCCCCCC. The minimum atomic E-state index is -0.812. The number of carbonyl (C=O) groups excluding carboxylic acids is 3. The zero-order valence-electron chi connectivity index (χ0n) is 51.5. The van der Waals surface area contributed by atoms with E-state index in [1.807, 2.05) is 12.2 Å². The summed E-state index contributed by atoms with van der Waals surface area (Å²) in [6, 6.07) is 0. The first-order valence-corrected chi connectivity index (χ1v) is 33.8. The van der Waals surface area contributed by atoms with Crippen LogP contribution in [0.25, 0.3) is 0 Å². The fourth-order valence-corrected chi connectivity index (χ4v) is 10.1. The third kappa shape index (κ3) is 63.8. The van der Waals surface area contributed by atoms with Gasteiger partial charge in [-0.05, 0) is 44.9 Å². The number of hydrogen-bond acceptors (Lipinski definition) is 6. The molecule has 0 aliphatic heterocycles. The number of unbranched alkanes of at least 4 members (excludes halogenated alkanes) is 42. The molecule has 0 aliphatic carbocycles. The zero-order valence-corrected chi connectivity index (χ0v) is 51.5. The van der Waals surface area contributed by atoms with Crippen molar-refractivity contribution >= 4 is 17.9 Å². The Kier molecular flexibility index (Phi) is 63.2. The monoisotopic (exact) mass is 1080 g/mol. The van der Waals surface area contributed by atoms with Gasteiger partial charge in [0.1, 0.15) is 13.2 Å². The Morgan fingerprint density at radius 2 is 0.506 bits per heavy atom. The Bertz CT molecular complexity index is 1380. The van der Waals surface area contributed by atoms with Crippen LogP contribution in [0.2, 0.25) is 0 Å². The smallest absolute Gasteiger partial charge is 0.309 e. The summed E-state index contributed by atoms with van der Waals surface area (Å²) >= 11 is 0. The zero-order chi connectivity index (χ0) is 55.7. The Labute approximate surface area is 479 Å². The van der Waals surface area contributed by atoms with Gasteiger partial charge in [-0.25, -0.2) is 0 Å². The van der Waals surface area contributed by atoms with Crippen LogP contribution in [0.15, 0.2) is 60.8 Å². The summed E-state index contributed by atoms with van der Waals surface area (Å²) in [5, 5.41) is 0. The number of allylic oxidation sites excluding steroid dienone is 9. The van der Waals surface area contributed by atoms with Crippen molar-refractivity contribution in [3.05, 3.63) is 60.8 Å². The summed E-state index contributed by atoms with van der Waals surface area (Å²) < 4.78 is 16.9. The third-order valence-electron chi connectivity index (χ3n) is 15.1. The van der Waals surface area contributed by atoms with Gasteiger partial charge in [0, 0.05) is 12.8 Å². The van der Waals surface area contributed by atoms with Crippen LogP contribution in [-0.4, -0.2) is 37.2 Å². The highest BCUT2D eigenvalue weighted by molar-refractivity contribution is 5.72. The van der Waals surface area contributed by atoms with E-state index in [9.17, 15) is 14.4 Å². The lowest BCUT2D eigenvalue weighted by Gasteiger charge is -2.18. The number of hydrogen-bond donors (Lipinski definition) is 0. The van der Waals surface area contributed by atoms with Gasteiger partial charge in [-0.2, -0.15) is 0 Å². The van der Waals surface area contributed by atoms with Crippen molar-refractivity contribution in [2.75, 3.05) is 13.2 Å². The Balaban J connectivity index is 4.30. The van der Waals surface area contributed by atoms with E-state index in [0.29, 0.717) is 12.8 Å². The molecule has 0 aliphatic rings. The molecule has 0 fully saturated rings. The van der Waals surface area contributed by atoms with Crippen molar-refractivity contribution in [1.82, 2.24) is 0 Å². The van der Waals surface area contributed by atoms with Crippen LogP contribution in [0.3, 0.4) is 0 Å². The van der Waals surface area contributed by atoms with Crippen LogP contribution in [0.4, 0.5) is 0 Å². The minimum absolute atomic E-state index is 0.0991. The summed E-state index contributed by atoms with van der Waals surface area (Å²) in [6.45, 7) is 6.50. The van der Waals surface area contributed by atoms with Crippen LogP contribution >= 0.6 is 0 Å². The number of esters is 3. The fourth-order valence-electron chi connectivity index (χ4n) is 10.1. The van der Waals surface area contributed by atoms with E-state index in [1.165, 1.54) is 244 Å². The molecule has 0 N–H and O–H groups in total. The maximum atomic E-state index is 12.9. The molecule has 0 rings (SSSR count). The Morgan fingerprint density at radius 1 is 0.273 bits per heavy atom. The van der Waals surface area contributed by atoms with Crippen molar-refractivity contribution in [3.63, 3.8) is 0 Å². The van der Waals surface area contributed by atoms with E-state index < -0.39 is 12.1 Å². The summed E-state index contributed by atoms with van der Waals surface area (Å²) in [4.78, 5) is 38.3. The van der Waals surface area contributed by atoms with E-state index in [0.717, 1.165) is 70.6 Å². The first kappa shape index (κ1) is 74.1. The quantitative estimate of drug-likeness (QED) is 0.0261. The van der Waals surface area contributed by atoms with E-state index in [-0.39, 0.29) is 31.6 Å². The predicted octanol–water partition coefficient (Wildman–Crippen LogP) is 23.1. The van der Waals surface area contributed by atoms with Gasteiger partial charge in [-0.1, -0.05) is 351 Å². The Hall–Kier alpha value is -2.89. The molecule has 0 aromatic heterocycles. The van der Waals surface area contributed by atoms with Gasteiger partial charge >= 0.3 is 17.9 Å². The lowest BCUT2D eigenvalue weighted by molar-refractivity contribution is -0.166. The van der Waals surface area contributed by atoms with Gasteiger partial charge in [-0.15, -0.1) is 0 Å². The summed E-state index contributed by atoms with van der Waals surface area (Å²) in [5.74, 6) is -1.01. The lowest BCUT2D eigenvalue weighted by Crippen LogP contribution is -2.30. The van der Waals surface area contributed by atoms with Gasteiger partial charge < -0.3 is 14.2 Å². The van der Waals surface area contributed by atoms with E-state index >= 15 is 0 Å². The van der Waals surface area contributed by atoms with E-state index in [4.69, 9.17) is 14.2 Å². The molecule has 0 saturated heterocycles. The van der Waals surface area contributed by atoms with Gasteiger partial charge in [0.15, 0.2) is 6.10 Å². The van der Waals surface area contributed by atoms with Crippen LogP contribution in [0.1, 0.15) is 355 Å². The van der Waals surface area contributed by atoms with Crippen molar-refractivity contribution in [2.45, 2.75) is 361 Å². The second-order valence-corrected chi connectivity index (χ2v) is 22.7. The number of carbonyl (C=O) groups is 3. The van der Waals surface area contributed by atoms with Gasteiger partial charge in [0.05, 0.1) is 6.42 Å². The fraction of sp³-hybridized carbons (Fsp3) is 0.817. The molecule has 0 aromatic carbocycles. The molecular weight excluding hydrogens is 949 g/mol. The standard InChI is InChI=1S/C71H128O6/c1-4-7-10-13-16-19-22-25-28-30-32-33-34-35-36-37-38-39-41-43-46-49-52-55-58-61-64-70(73)76-67-68(66-75-69(72)63-60-57-54-51-48-45-42-27-24-21-18-15-12-9-6-3)77-71(74)65-62-59-56-53-50-47-44-40-31-29-26-23-20-17-14-11-8-5-2/h9,12,18,21,27,42,48,51,57,60,68H,4-8,10-11,13-17,19-20,22-26,28-41,43-47,49-50,52-56,58-59,61-67H2,1-3H3/b12-9-,21-18-,42-27-,51-48-,60-57-. The molecule has 0 spiro atoms. The molecule has 0 bridgehead atoms. The van der Waals surface area contributed by atoms with Crippen molar-refractivity contribution in [1.29, 1.82) is 0 Å². The highest BCUT2D eigenvalue weighted by Gasteiger charge is 2.19. The minimum Gasteiger partial charge on any atom is -0.462 e. The van der Waals surface area contributed by atoms with Crippen LogP contribution < -0.4 is 0 Å². The average molecular weight is 1080 g/mol. The largest absolute Gasteiger partial charge is 0.462 e. The first-order chi connectivity index (χ1) is 38.0. The average Bonchev–Trinajstić information content (AvgIpc) is 3.43. The molecule has 6 nitrogen and oxygen atoms in total. The molecule has 0 saturated carbocycles. The highest BCUT2D eigenvalue weighted by Crippen LogP contribution is 2.18. The first-order valence-electron chi connectivity index (χ1n) is 33.8. The number of rotatable bonds is 62. The summed E-state index contributed by atoms with van der Waals surface area (Å²) in [7, 11) is 0. The molecular formula is C71H128O6. The second-order valence-electron chi connectivity index (χ2n) is 22.7. The molecule has 0 radical (unpaired) electrons. The lowest BCUT2D eigenvalue weighted by atomic mass is 10.0. The molecule has 448 valence electrons. The van der Waals surface area contributed by atoms with Crippen LogP contribution in [-0.2, 0) is 28.6 Å². The van der Waals surface area contributed by atoms with Crippen molar-refractivity contribution in [3.8, 4) is 0 Å². The normalized spacial score (nSPS) is 12.4. The molecule has 0 aromatic rings. The molecule has 6 heteroatoms. The molecule has 1 unspecified atom stereocenters. The molecule has 0 heterocycles. The topological polar surface area (TPSA) is 78.9 Å². The Morgan fingerprint density at radius 3 is 0.792 bits per heavy atom. The third-order valence-corrected chi connectivity index (χ3v) is 15.1. The van der Waals surface area contributed by atoms with Crippen LogP contribution in [0.5, 0.6) is 0 Å².